The van der Waals surface area contributed by atoms with Crippen LogP contribution in [0.2, 0.25) is 0 Å². The van der Waals surface area contributed by atoms with Gasteiger partial charge in [0.2, 0.25) is 5.91 Å². The molecular formula is C18H26N2O3. The summed E-state index contributed by atoms with van der Waals surface area (Å²) < 4.78 is 4.93. The summed E-state index contributed by atoms with van der Waals surface area (Å²) in [6.07, 6.45) is 0.940. The first-order valence-corrected chi connectivity index (χ1v) is 8.30. The number of ether oxygens (including phenoxy) is 1. The van der Waals surface area contributed by atoms with E-state index in [1.807, 2.05) is 30.9 Å². The third kappa shape index (κ3) is 4.71. The van der Waals surface area contributed by atoms with E-state index in [9.17, 15) is 9.59 Å². The van der Waals surface area contributed by atoms with E-state index in [1.165, 1.54) is 11.1 Å². The number of nitrogens with one attached hydrogen (secondary N) is 1. The smallest absolute Gasteiger partial charge is 0.407 e. The highest BCUT2D eigenvalue weighted by Gasteiger charge is 2.29. The maximum absolute atomic E-state index is 12.8. The lowest BCUT2D eigenvalue weighted by molar-refractivity contribution is -0.134. The number of hydrogen-bond donors (Lipinski definition) is 1. The summed E-state index contributed by atoms with van der Waals surface area (Å²) in [4.78, 5) is 26.4. The Morgan fingerprint density at radius 3 is 2.61 bits per heavy atom. The van der Waals surface area contributed by atoms with E-state index in [0.29, 0.717) is 32.0 Å². The summed E-state index contributed by atoms with van der Waals surface area (Å²) in [6, 6.07) is 7.67. The minimum absolute atomic E-state index is 0.0266. The minimum atomic E-state index is -0.528. The van der Waals surface area contributed by atoms with E-state index in [1.54, 1.807) is 6.92 Å². The van der Waals surface area contributed by atoms with E-state index in [2.05, 4.69) is 17.4 Å². The molecule has 1 aromatic rings. The van der Waals surface area contributed by atoms with Crippen LogP contribution in [0.3, 0.4) is 0 Å². The number of amides is 2. The molecule has 1 aliphatic rings. The van der Waals surface area contributed by atoms with Gasteiger partial charge in [0, 0.05) is 13.1 Å². The molecule has 2 rings (SSSR count). The lowest BCUT2D eigenvalue weighted by Crippen LogP contribution is -2.50. The third-order valence-corrected chi connectivity index (χ3v) is 4.02. The number of rotatable bonds is 5. The lowest BCUT2D eigenvalue weighted by atomic mass is 9.97. The fraction of sp³-hybridized carbons (Fsp3) is 0.556. The number of carbonyl (C=O) groups excluding carboxylic acids is 2. The van der Waals surface area contributed by atoms with Gasteiger partial charge in [-0.2, -0.15) is 0 Å². The van der Waals surface area contributed by atoms with Crippen LogP contribution in [0.25, 0.3) is 0 Å². The van der Waals surface area contributed by atoms with Crippen LogP contribution >= 0.6 is 0 Å². The second kappa shape index (κ2) is 7.99. The quantitative estimate of drug-likeness (QED) is 0.908. The van der Waals surface area contributed by atoms with Gasteiger partial charge in [0.05, 0.1) is 6.61 Å². The van der Waals surface area contributed by atoms with Crippen molar-refractivity contribution >= 4 is 12.0 Å². The SMILES string of the molecule is CCOC(=O)N[C@H](CC(C)C)C(=O)N1CCc2ccccc2C1. The van der Waals surface area contributed by atoms with Gasteiger partial charge in [-0.15, -0.1) is 0 Å². The number of alkyl carbamates (subject to hydrolysis) is 1. The normalized spacial score (nSPS) is 15.0. The van der Waals surface area contributed by atoms with Gasteiger partial charge >= 0.3 is 6.09 Å². The molecule has 0 aromatic heterocycles. The van der Waals surface area contributed by atoms with Crippen molar-refractivity contribution in [1.82, 2.24) is 10.2 Å². The zero-order valence-electron chi connectivity index (χ0n) is 14.2. The van der Waals surface area contributed by atoms with Gasteiger partial charge in [-0.1, -0.05) is 38.1 Å². The highest BCUT2D eigenvalue weighted by Crippen LogP contribution is 2.20. The van der Waals surface area contributed by atoms with Crippen LogP contribution in [0, 0.1) is 5.92 Å². The highest BCUT2D eigenvalue weighted by atomic mass is 16.5. The van der Waals surface area contributed by atoms with Crippen LogP contribution in [-0.4, -0.2) is 36.1 Å². The molecular weight excluding hydrogens is 292 g/mol. The van der Waals surface area contributed by atoms with Crippen molar-refractivity contribution in [2.75, 3.05) is 13.2 Å². The van der Waals surface area contributed by atoms with Crippen LogP contribution in [0.5, 0.6) is 0 Å². The third-order valence-electron chi connectivity index (χ3n) is 4.02. The predicted octanol–water partition coefficient (Wildman–Crippen LogP) is 2.73. The standard InChI is InChI=1S/C18H26N2O3/c1-4-23-18(22)19-16(11-13(2)3)17(21)20-10-9-14-7-5-6-8-15(14)12-20/h5-8,13,16H,4,9-12H2,1-3H3,(H,19,22)/t16-/m1/s1. The van der Waals surface area contributed by atoms with Crippen molar-refractivity contribution in [2.45, 2.75) is 46.2 Å². The van der Waals surface area contributed by atoms with Crippen molar-refractivity contribution in [3.63, 3.8) is 0 Å². The van der Waals surface area contributed by atoms with Gasteiger partial charge < -0.3 is 15.0 Å². The molecule has 0 bridgehead atoms. The Labute approximate surface area is 138 Å². The molecule has 5 nitrogen and oxygen atoms in total. The molecule has 1 aliphatic heterocycles. The van der Waals surface area contributed by atoms with Gasteiger partial charge in [-0.05, 0) is 36.8 Å². The average molecular weight is 318 g/mol. The Balaban J connectivity index is 2.06. The van der Waals surface area contributed by atoms with Gasteiger partial charge in [-0.3, -0.25) is 4.79 Å². The Kier molecular flexibility index (Phi) is 6.02. The zero-order chi connectivity index (χ0) is 16.8. The fourth-order valence-electron chi connectivity index (χ4n) is 2.91. The molecule has 1 atom stereocenters. The van der Waals surface area contributed by atoms with Crippen LogP contribution in [0.15, 0.2) is 24.3 Å². The van der Waals surface area contributed by atoms with Crippen molar-refractivity contribution in [1.29, 1.82) is 0 Å². The van der Waals surface area contributed by atoms with E-state index in [-0.39, 0.29) is 5.91 Å². The van der Waals surface area contributed by atoms with Crippen molar-refractivity contribution in [2.24, 2.45) is 5.92 Å². The molecule has 0 radical (unpaired) electrons. The molecule has 1 N–H and O–H groups in total. The number of hydrogen-bond acceptors (Lipinski definition) is 3. The number of benzene rings is 1. The van der Waals surface area contributed by atoms with Crippen LogP contribution in [0.1, 0.15) is 38.3 Å². The number of nitrogens with zero attached hydrogens (tertiary/aromatic N) is 1. The van der Waals surface area contributed by atoms with Gasteiger partial charge in [0.15, 0.2) is 0 Å². The zero-order valence-corrected chi connectivity index (χ0v) is 14.2. The molecule has 0 saturated heterocycles. The molecule has 0 saturated carbocycles. The highest BCUT2D eigenvalue weighted by molar-refractivity contribution is 5.85. The fourth-order valence-corrected chi connectivity index (χ4v) is 2.91. The molecule has 126 valence electrons. The van der Waals surface area contributed by atoms with Crippen molar-refractivity contribution < 1.29 is 14.3 Å². The molecule has 2 amide bonds. The first-order chi connectivity index (χ1) is 11.0. The van der Waals surface area contributed by atoms with E-state index >= 15 is 0 Å². The van der Waals surface area contributed by atoms with Crippen LogP contribution in [0.4, 0.5) is 4.79 Å². The Morgan fingerprint density at radius 1 is 1.26 bits per heavy atom. The molecule has 0 unspecified atom stereocenters. The maximum atomic E-state index is 12.8. The Hall–Kier alpha value is -2.04. The number of fused-ring (bicyclic) bond motifs is 1. The topological polar surface area (TPSA) is 58.6 Å². The molecule has 0 spiro atoms. The second-order valence-corrected chi connectivity index (χ2v) is 6.33. The van der Waals surface area contributed by atoms with E-state index in [4.69, 9.17) is 4.74 Å². The monoisotopic (exact) mass is 318 g/mol. The summed E-state index contributed by atoms with van der Waals surface area (Å²) in [5, 5.41) is 2.72. The lowest BCUT2D eigenvalue weighted by Gasteiger charge is -2.32. The molecule has 23 heavy (non-hydrogen) atoms. The number of carbonyl (C=O) groups is 2. The average Bonchev–Trinajstić information content (AvgIpc) is 2.53. The predicted molar refractivity (Wildman–Crippen MR) is 89.0 cm³/mol. The molecule has 1 heterocycles. The minimum Gasteiger partial charge on any atom is -0.450 e. The first kappa shape index (κ1) is 17.3. The Morgan fingerprint density at radius 2 is 1.96 bits per heavy atom. The van der Waals surface area contributed by atoms with Crippen LogP contribution in [-0.2, 0) is 22.5 Å². The largest absolute Gasteiger partial charge is 0.450 e. The second-order valence-electron chi connectivity index (χ2n) is 6.33. The molecule has 5 heteroatoms. The summed E-state index contributed by atoms with van der Waals surface area (Å²) in [5.41, 5.74) is 2.49. The van der Waals surface area contributed by atoms with Gasteiger partial charge in [0.1, 0.15) is 6.04 Å². The van der Waals surface area contributed by atoms with Gasteiger partial charge in [-0.25, -0.2) is 4.79 Å². The van der Waals surface area contributed by atoms with E-state index < -0.39 is 12.1 Å². The first-order valence-electron chi connectivity index (χ1n) is 8.30. The summed E-state index contributed by atoms with van der Waals surface area (Å²) in [5.74, 6) is 0.282. The van der Waals surface area contributed by atoms with Crippen molar-refractivity contribution in [3.05, 3.63) is 35.4 Å². The van der Waals surface area contributed by atoms with Crippen LogP contribution < -0.4 is 5.32 Å². The summed E-state index contributed by atoms with van der Waals surface area (Å²) in [6.45, 7) is 7.42. The van der Waals surface area contributed by atoms with Crippen molar-refractivity contribution in [3.8, 4) is 0 Å². The molecule has 0 fully saturated rings. The maximum Gasteiger partial charge on any atom is 0.407 e. The van der Waals surface area contributed by atoms with Gasteiger partial charge in [0.25, 0.3) is 0 Å². The Bertz CT molecular complexity index is 557. The summed E-state index contributed by atoms with van der Waals surface area (Å²) >= 11 is 0. The van der Waals surface area contributed by atoms with E-state index in [0.717, 1.165) is 6.42 Å². The molecule has 1 aromatic carbocycles. The molecule has 0 aliphatic carbocycles. The summed E-state index contributed by atoms with van der Waals surface area (Å²) in [7, 11) is 0.